The number of carbonyl (C=O) groups is 2. The molecule has 1 fully saturated rings. The first kappa shape index (κ1) is 13.1. The van der Waals surface area contributed by atoms with Crippen molar-refractivity contribution in [1.29, 1.82) is 0 Å². The van der Waals surface area contributed by atoms with Gasteiger partial charge in [-0.1, -0.05) is 0 Å². The number of aliphatic carboxylic acids is 1. The van der Waals surface area contributed by atoms with Gasteiger partial charge in [0.1, 0.15) is 5.54 Å². The van der Waals surface area contributed by atoms with Crippen molar-refractivity contribution in [3.8, 4) is 0 Å². The highest BCUT2D eigenvalue weighted by atomic mass is 32.1. The minimum absolute atomic E-state index is 0.220. The molecule has 1 saturated heterocycles. The number of fused-ring (bicyclic) bond motifs is 1. The largest absolute Gasteiger partial charge is 0.480 e. The van der Waals surface area contributed by atoms with Crippen LogP contribution in [0.25, 0.3) is 10.2 Å². The molecule has 1 aromatic carbocycles. The fraction of sp³-hybridized carbons (Fsp3) is 0.357. The van der Waals surface area contributed by atoms with Crippen LogP contribution in [0.5, 0.6) is 0 Å². The van der Waals surface area contributed by atoms with E-state index in [2.05, 4.69) is 4.98 Å². The monoisotopic (exact) mass is 290 g/mol. The van der Waals surface area contributed by atoms with Crippen LogP contribution in [0.3, 0.4) is 0 Å². The second kappa shape index (κ2) is 4.56. The molecule has 1 aromatic heterocycles. The summed E-state index contributed by atoms with van der Waals surface area (Å²) >= 11 is 1.47. The lowest BCUT2D eigenvalue weighted by Crippen LogP contribution is -2.50. The molecule has 3 rings (SSSR count). The van der Waals surface area contributed by atoms with Crippen LogP contribution in [0, 0.1) is 0 Å². The van der Waals surface area contributed by atoms with Gasteiger partial charge in [-0.05, 0) is 38.0 Å². The van der Waals surface area contributed by atoms with Crippen LogP contribution < -0.4 is 0 Å². The number of carboxylic acids is 1. The molecule has 0 saturated carbocycles. The number of likely N-dealkylation sites (tertiary alicyclic amines) is 1. The lowest BCUT2D eigenvalue weighted by molar-refractivity contribution is -0.147. The standard InChI is InChI=1S/C14H14N2O3S/c1-14(13(18)19)5-2-6-16(14)12(17)9-3-4-10-11(7-9)20-8-15-10/h3-4,7-8H,2,5-6H2,1H3,(H,18,19). The van der Waals surface area contributed by atoms with Crippen LogP contribution in [0.2, 0.25) is 0 Å². The third-order valence-electron chi connectivity index (χ3n) is 3.93. The maximum atomic E-state index is 12.6. The molecule has 20 heavy (non-hydrogen) atoms. The van der Waals surface area contributed by atoms with E-state index in [4.69, 9.17) is 0 Å². The number of hydrogen-bond donors (Lipinski definition) is 1. The Hall–Kier alpha value is -1.95. The quantitative estimate of drug-likeness (QED) is 0.921. The van der Waals surface area contributed by atoms with Crippen molar-refractivity contribution in [2.24, 2.45) is 0 Å². The number of thiazole rings is 1. The summed E-state index contributed by atoms with van der Waals surface area (Å²) in [6, 6.07) is 5.30. The first-order valence-electron chi connectivity index (χ1n) is 6.41. The Morgan fingerprint density at radius 3 is 3.00 bits per heavy atom. The number of nitrogens with zero attached hydrogens (tertiary/aromatic N) is 2. The Balaban J connectivity index is 1.97. The molecule has 1 aliphatic heterocycles. The maximum absolute atomic E-state index is 12.6. The highest BCUT2D eigenvalue weighted by Gasteiger charge is 2.46. The van der Waals surface area contributed by atoms with Gasteiger partial charge in [-0.15, -0.1) is 11.3 Å². The van der Waals surface area contributed by atoms with Crippen molar-refractivity contribution in [2.75, 3.05) is 6.54 Å². The van der Waals surface area contributed by atoms with E-state index in [9.17, 15) is 14.7 Å². The predicted molar refractivity (Wildman–Crippen MR) is 75.9 cm³/mol. The molecule has 0 bridgehead atoms. The molecule has 0 radical (unpaired) electrons. The van der Waals surface area contributed by atoms with Gasteiger partial charge in [0.05, 0.1) is 15.7 Å². The topological polar surface area (TPSA) is 70.5 Å². The third kappa shape index (κ3) is 1.87. The lowest BCUT2D eigenvalue weighted by Gasteiger charge is -2.31. The number of carboxylic acid groups (broad SMARTS) is 1. The van der Waals surface area contributed by atoms with E-state index in [1.54, 1.807) is 30.6 Å². The molecule has 1 amide bonds. The van der Waals surface area contributed by atoms with Crippen molar-refractivity contribution < 1.29 is 14.7 Å². The summed E-state index contributed by atoms with van der Waals surface area (Å²) in [5.74, 6) is -1.16. The summed E-state index contributed by atoms with van der Waals surface area (Å²) in [6.07, 6.45) is 1.22. The molecule has 0 aliphatic carbocycles. The van der Waals surface area contributed by atoms with E-state index in [-0.39, 0.29) is 5.91 Å². The smallest absolute Gasteiger partial charge is 0.329 e. The molecular formula is C14H14N2O3S. The molecule has 6 heteroatoms. The van der Waals surface area contributed by atoms with E-state index in [1.807, 2.05) is 0 Å². The van der Waals surface area contributed by atoms with Gasteiger partial charge in [-0.25, -0.2) is 9.78 Å². The molecule has 5 nitrogen and oxygen atoms in total. The fourth-order valence-electron chi connectivity index (χ4n) is 2.66. The number of rotatable bonds is 2. The second-order valence-corrected chi connectivity index (χ2v) is 6.06. The van der Waals surface area contributed by atoms with Crippen molar-refractivity contribution in [1.82, 2.24) is 9.88 Å². The summed E-state index contributed by atoms with van der Waals surface area (Å²) in [7, 11) is 0. The Bertz CT molecular complexity index is 697. The summed E-state index contributed by atoms with van der Waals surface area (Å²) in [5.41, 5.74) is 2.01. The second-order valence-electron chi connectivity index (χ2n) is 5.17. The van der Waals surface area contributed by atoms with Gasteiger partial charge in [0.25, 0.3) is 5.91 Å². The fourth-order valence-corrected chi connectivity index (χ4v) is 3.37. The van der Waals surface area contributed by atoms with E-state index in [0.717, 1.165) is 16.6 Å². The minimum atomic E-state index is -1.10. The zero-order valence-electron chi connectivity index (χ0n) is 11.0. The van der Waals surface area contributed by atoms with Crippen LogP contribution in [-0.2, 0) is 4.79 Å². The molecule has 1 N–H and O–H groups in total. The molecule has 1 atom stereocenters. The first-order chi connectivity index (χ1) is 9.52. The van der Waals surface area contributed by atoms with Gasteiger partial charge in [-0.2, -0.15) is 0 Å². The normalized spacial score (nSPS) is 22.4. The average molecular weight is 290 g/mol. The van der Waals surface area contributed by atoms with E-state index in [1.165, 1.54) is 16.2 Å². The summed E-state index contributed by atoms with van der Waals surface area (Å²) in [4.78, 5) is 29.7. The maximum Gasteiger partial charge on any atom is 0.329 e. The number of hydrogen-bond acceptors (Lipinski definition) is 4. The zero-order valence-corrected chi connectivity index (χ0v) is 11.8. The first-order valence-corrected chi connectivity index (χ1v) is 7.29. The van der Waals surface area contributed by atoms with Crippen LogP contribution in [0.1, 0.15) is 30.1 Å². The van der Waals surface area contributed by atoms with E-state index in [0.29, 0.717) is 18.5 Å². The van der Waals surface area contributed by atoms with Crippen molar-refractivity contribution in [3.63, 3.8) is 0 Å². The number of carbonyl (C=O) groups excluding carboxylic acids is 1. The van der Waals surface area contributed by atoms with Gasteiger partial charge in [0.15, 0.2) is 0 Å². The summed E-state index contributed by atoms with van der Waals surface area (Å²) in [5, 5.41) is 9.38. The molecule has 0 spiro atoms. The number of aromatic nitrogens is 1. The summed E-state index contributed by atoms with van der Waals surface area (Å²) < 4.78 is 0.937. The van der Waals surface area contributed by atoms with Crippen LogP contribution in [-0.4, -0.2) is 39.0 Å². The van der Waals surface area contributed by atoms with Crippen molar-refractivity contribution >= 4 is 33.4 Å². The van der Waals surface area contributed by atoms with Gasteiger partial charge in [-0.3, -0.25) is 4.79 Å². The lowest BCUT2D eigenvalue weighted by atomic mass is 9.98. The van der Waals surface area contributed by atoms with E-state index >= 15 is 0 Å². The molecule has 1 aliphatic rings. The molecule has 2 heterocycles. The van der Waals surface area contributed by atoms with Crippen LogP contribution in [0.15, 0.2) is 23.7 Å². The molecule has 2 aromatic rings. The number of amides is 1. The van der Waals surface area contributed by atoms with E-state index < -0.39 is 11.5 Å². The molecule has 1 unspecified atom stereocenters. The van der Waals surface area contributed by atoms with Gasteiger partial charge >= 0.3 is 5.97 Å². The van der Waals surface area contributed by atoms with Gasteiger partial charge < -0.3 is 10.0 Å². The Kier molecular flexibility index (Phi) is 2.97. The Morgan fingerprint density at radius 2 is 2.25 bits per heavy atom. The molecular weight excluding hydrogens is 276 g/mol. The van der Waals surface area contributed by atoms with Crippen LogP contribution in [0.4, 0.5) is 0 Å². The van der Waals surface area contributed by atoms with Gasteiger partial charge in [0, 0.05) is 12.1 Å². The number of benzene rings is 1. The minimum Gasteiger partial charge on any atom is -0.480 e. The summed E-state index contributed by atoms with van der Waals surface area (Å²) in [6.45, 7) is 2.10. The van der Waals surface area contributed by atoms with Crippen LogP contribution >= 0.6 is 11.3 Å². The van der Waals surface area contributed by atoms with Gasteiger partial charge in [0.2, 0.25) is 0 Å². The Morgan fingerprint density at radius 1 is 1.45 bits per heavy atom. The SMILES string of the molecule is CC1(C(=O)O)CCCN1C(=O)c1ccc2ncsc2c1. The highest BCUT2D eigenvalue weighted by Crippen LogP contribution is 2.31. The Labute approximate surface area is 119 Å². The highest BCUT2D eigenvalue weighted by molar-refractivity contribution is 7.16. The van der Waals surface area contributed by atoms with Crippen molar-refractivity contribution in [3.05, 3.63) is 29.3 Å². The molecule has 104 valence electrons. The predicted octanol–water partition coefficient (Wildman–Crippen LogP) is 2.38. The third-order valence-corrected chi connectivity index (χ3v) is 4.72. The van der Waals surface area contributed by atoms with Crippen molar-refractivity contribution in [2.45, 2.75) is 25.3 Å². The average Bonchev–Trinajstić information content (AvgIpc) is 3.03. The zero-order chi connectivity index (χ0) is 14.3.